The Morgan fingerprint density at radius 1 is 1.32 bits per heavy atom. The van der Waals surface area contributed by atoms with E-state index in [1.165, 1.54) is 24.4 Å². The number of hydrogen-bond donors (Lipinski definition) is 2. The van der Waals surface area contributed by atoms with Gasteiger partial charge in [0.25, 0.3) is 5.69 Å². The number of ketones is 1. The van der Waals surface area contributed by atoms with Crippen LogP contribution in [0.1, 0.15) is 48.3 Å². The highest BCUT2D eigenvalue weighted by Gasteiger charge is 2.21. The van der Waals surface area contributed by atoms with Crippen molar-refractivity contribution in [2.24, 2.45) is 7.05 Å². The molecule has 0 saturated heterocycles. The molecule has 1 amide bonds. The van der Waals surface area contributed by atoms with Crippen LogP contribution in [0.25, 0.3) is 0 Å². The maximum atomic E-state index is 12.5. The van der Waals surface area contributed by atoms with Crippen LogP contribution in [0.3, 0.4) is 0 Å². The van der Waals surface area contributed by atoms with Gasteiger partial charge in [-0.2, -0.15) is 0 Å². The minimum absolute atomic E-state index is 0.0661. The number of hydrogen-bond acceptors (Lipinski definition) is 6. The number of imidazole rings is 1. The monoisotopic (exact) mass is 385 g/mol. The predicted molar refractivity (Wildman–Crippen MR) is 103 cm³/mol. The Labute approximate surface area is 162 Å². The molecule has 0 aliphatic heterocycles. The van der Waals surface area contributed by atoms with Gasteiger partial charge in [0.2, 0.25) is 11.7 Å². The molecule has 9 nitrogen and oxygen atoms in total. The summed E-state index contributed by atoms with van der Waals surface area (Å²) < 4.78 is 1.56. The summed E-state index contributed by atoms with van der Waals surface area (Å²) in [5, 5.41) is 17.3. The normalized spacial score (nSPS) is 14.0. The molecule has 0 spiro atoms. The number of nitro groups is 1. The fourth-order valence-electron chi connectivity index (χ4n) is 3.37. The number of carbonyl (C=O) groups excluding carboxylic acids is 2. The van der Waals surface area contributed by atoms with Gasteiger partial charge in [0.05, 0.1) is 4.92 Å². The topological polar surface area (TPSA) is 119 Å². The zero-order chi connectivity index (χ0) is 20.1. The Kier molecular flexibility index (Phi) is 6.03. The van der Waals surface area contributed by atoms with Crippen LogP contribution >= 0.6 is 0 Å². The van der Waals surface area contributed by atoms with Crippen LogP contribution in [0.2, 0.25) is 0 Å². The first-order chi connectivity index (χ1) is 13.5. The summed E-state index contributed by atoms with van der Waals surface area (Å²) in [6, 6.07) is 4.49. The lowest BCUT2D eigenvalue weighted by Crippen LogP contribution is -2.33. The van der Waals surface area contributed by atoms with Gasteiger partial charge in [-0.3, -0.25) is 19.7 Å². The van der Waals surface area contributed by atoms with Crippen LogP contribution in [0.4, 0.5) is 11.4 Å². The first-order valence-electron chi connectivity index (χ1n) is 9.29. The van der Waals surface area contributed by atoms with Crippen molar-refractivity contribution in [2.45, 2.75) is 38.1 Å². The van der Waals surface area contributed by atoms with Gasteiger partial charge in [-0.15, -0.1) is 0 Å². The third-order valence-corrected chi connectivity index (χ3v) is 4.87. The number of carbonyl (C=O) groups is 2. The van der Waals surface area contributed by atoms with Gasteiger partial charge in [-0.05, 0) is 25.0 Å². The zero-order valence-electron chi connectivity index (χ0n) is 15.7. The average Bonchev–Trinajstić information content (AvgIpc) is 3.32. The first-order valence-corrected chi connectivity index (χ1v) is 9.29. The maximum Gasteiger partial charge on any atom is 0.293 e. The summed E-state index contributed by atoms with van der Waals surface area (Å²) in [6.07, 6.45) is 7.65. The van der Waals surface area contributed by atoms with Crippen molar-refractivity contribution in [2.75, 3.05) is 11.9 Å². The van der Waals surface area contributed by atoms with E-state index in [-0.39, 0.29) is 47.7 Å². The molecular weight excluding hydrogens is 362 g/mol. The summed E-state index contributed by atoms with van der Waals surface area (Å²) in [5.41, 5.74) is 0.247. The van der Waals surface area contributed by atoms with Crippen LogP contribution in [-0.2, 0) is 11.8 Å². The van der Waals surface area contributed by atoms with Crippen molar-refractivity contribution in [3.8, 4) is 0 Å². The lowest BCUT2D eigenvalue weighted by Gasteiger charge is -2.12. The van der Waals surface area contributed by atoms with Gasteiger partial charge in [-0.25, -0.2) is 4.98 Å². The molecule has 1 fully saturated rings. The molecule has 0 unspecified atom stereocenters. The summed E-state index contributed by atoms with van der Waals surface area (Å²) >= 11 is 0. The van der Waals surface area contributed by atoms with Crippen molar-refractivity contribution < 1.29 is 14.5 Å². The fraction of sp³-hybridized carbons (Fsp3) is 0.421. The number of nitrogens with zero attached hydrogens (tertiary/aromatic N) is 3. The lowest BCUT2D eigenvalue weighted by atomic mass is 10.1. The van der Waals surface area contributed by atoms with E-state index in [0.29, 0.717) is 0 Å². The summed E-state index contributed by atoms with van der Waals surface area (Å²) in [4.78, 5) is 39.3. The Balaban J connectivity index is 1.64. The molecule has 2 aromatic rings. The highest BCUT2D eigenvalue weighted by molar-refractivity contribution is 6.07. The van der Waals surface area contributed by atoms with Gasteiger partial charge in [0, 0.05) is 50.1 Å². The highest BCUT2D eigenvalue weighted by atomic mass is 16.6. The zero-order valence-corrected chi connectivity index (χ0v) is 15.7. The van der Waals surface area contributed by atoms with E-state index >= 15 is 0 Å². The average molecular weight is 385 g/mol. The molecule has 9 heteroatoms. The van der Waals surface area contributed by atoms with Crippen LogP contribution in [-0.4, -0.2) is 38.8 Å². The van der Waals surface area contributed by atoms with Crippen molar-refractivity contribution in [3.63, 3.8) is 0 Å². The van der Waals surface area contributed by atoms with Crippen LogP contribution < -0.4 is 10.6 Å². The quantitative estimate of drug-likeness (QED) is 0.409. The molecule has 0 atom stereocenters. The second kappa shape index (κ2) is 8.64. The van der Waals surface area contributed by atoms with Gasteiger partial charge in [0.15, 0.2) is 5.82 Å². The minimum Gasteiger partial charge on any atom is -0.379 e. The van der Waals surface area contributed by atoms with Crippen molar-refractivity contribution in [1.82, 2.24) is 14.9 Å². The molecular formula is C19H23N5O4. The fourth-order valence-corrected chi connectivity index (χ4v) is 3.37. The lowest BCUT2D eigenvalue weighted by molar-refractivity contribution is -0.384. The molecule has 1 heterocycles. The maximum absolute atomic E-state index is 12.5. The minimum atomic E-state index is -0.546. The van der Waals surface area contributed by atoms with Gasteiger partial charge >= 0.3 is 0 Å². The number of anilines is 1. The number of amides is 1. The predicted octanol–water partition coefficient (Wildman–Crippen LogP) is 2.42. The van der Waals surface area contributed by atoms with Gasteiger partial charge in [0.1, 0.15) is 5.69 Å². The Morgan fingerprint density at radius 2 is 2.07 bits per heavy atom. The third-order valence-electron chi connectivity index (χ3n) is 4.87. The number of nitrogens with one attached hydrogen (secondary N) is 2. The molecule has 1 aromatic heterocycles. The highest BCUT2D eigenvalue weighted by Crippen LogP contribution is 2.26. The molecule has 1 saturated carbocycles. The smallest absolute Gasteiger partial charge is 0.293 e. The Morgan fingerprint density at radius 3 is 2.71 bits per heavy atom. The van der Waals surface area contributed by atoms with Crippen molar-refractivity contribution in [3.05, 3.63) is 52.1 Å². The first kappa shape index (κ1) is 19.5. The van der Waals surface area contributed by atoms with E-state index in [4.69, 9.17) is 0 Å². The van der Waals surface area contributed by atoms with Crippen LogP contribution in [0.15, 0.2) is 30.6 Å². The molecule has 2 N–H and O–H groups in total. The van der Waals surface area contributed by atoms with E-state index in [0.717, 1.165) is 25.7 Å². The van der Waals surface area contributed by atoms with E-state index < -0.39 is 10.7 Å². The van der Waals surface area contributed by atoms with Gasteiger partial charge in [-0.1, -0.05) is 12.8 Å². The molecule has 1 aromatic carbocycles. The number of rotatable bonds is 8. The Hall–Kier alpha value is -3.23. The third kappa shape index (κ3) is 4.54. The molecule has 3 rings (SSSR count). The molecule has 148 valence electrons. The summed E-state index contributed by atoms with van der Waals surface area (Å²) in [7, 11) is 1.68. The number of benzene rings is 1. The molecule has 0 radical (unpaired) electrons. The number of nitro benzene ring substituents is 1. The number of aryl methyl sites for hydroxylation is 1. The molecule has 1 aliphatic rings. The molecule has 28 heavy (non-hydrogen) atoms. The molecule has 0 bridgehead atoms. The largest absolute Gasteiger partial charge is 0.379 e. The van der Waals surface area contributed by atoms with Crippen molar-refractivity contribution in [1.29, 1.82) is 0 Å². The second-order valence-electron chi connectivity index (χ2n) is 6.91. The number of aromatic nitrogens is 2. The van der Waals surface area contributed by atoms with E-state index in [1.807, 2.05) is 0 Å². The van der Waals surface area contributed by atoms with E-state index in [9.17, 15) is 19.7 Å². The second-order valence-corrected chi connectivity index (χ2v) is 6.91. The van der Waals surface area contributed by atoms with Crippen LogP contribution in [0, 0.1) is 10.1 Å². The Bertz CT molecular complexity index is 886. The van der Waals surface area contributed by atoms with E-state index in [1.54, 1.807) is 17.8 Å². The van der Waals surface area contributed by atoms with Crippen LogP contribution in [0.5, 0.6) is 0 Å². The van der Waals surface area contributed by atoms with E-state index in [2.05, 4.69) is 15.6 Å². The summed E-state index contributed by atoms with van der Waals surface area (Å²) in [5.74, 6) is -0.250. The SMILES string of the molecule is Cn1ccnc1C(=O)c1ccc(NCCC(=O)NC2CCCC2)c([N+](=O)[O-])c1. The van der Waals surface area contributed by atoms with Gasteiger partial charge < -0.3 is 15.2 Å². The summed E-state index contributed by atoms with van der Waals surface area (Å²) in [6.45, 7) is 0.270. The standard InChI is InChI=1S/C19H23N5O4/c1-23-11-10-21-19(23)18(26)13-6-7-15(16(12-13)24(27)28)20-9-8-17(25)22-14-4-2-3-5-14/h6-7,10-12,14,20H,2-5,8-9H2,1H3,(H,22,25). The molecule has 1 aliphatic carbocycles. The van der Waals surface area contributed by atoms with Crippen molar-refractivity contribution >= 4 is 23.1 Å².